The summed E-state index contributed by atoms with van der Waals surface area (Å²) in [5.41, 5.74) is -1.71. The standard InChI is InChI=1S/C22H18F6N6O2/c1-10(23)16-9-36-21(35)34(16)19-15(24)8-31-20(33-19)32-11(2)18-29-6-12(7-30-18)13-4-3-5-14(17(13)25)22(26,27)28/h3-8,10-11,16H,9H2,1-2H3,(H,31,32,33)/t10-,11-,16+/m0/s1. The lowest BCUT2D eigenvalue weighted by molar-refractivity contribution is -0.139. The second kappa shape index (κ2) is 9.59. The second-order valence-electron chi connectivity index (χ2n) is 7.92. The normalized spacial score (nSPS) is 17.6. The van der Waals surface area contributed by atoms with Gasteiger partial charge in [-0.05, 0) is 19.9 Å². The lowest BCUT2D eigenvalue weighted by Crippen LogP contribution is -2.40. The van der Waals surface area contributed by atoms with Crippen molar-refractivity contribution in [1.29, 1.82) is 0 Å². The average Bonchev–Trinajstić information content (AvgIpc) is 3.21. The van der Waals surface area contributed by atoms with Crippen molar-refractivity contribution in [3.63, 3.8) is 0 Å². The topological polar surface area (TPSA) is 93.1 Å². The highest BCUT2D eigenvalue weighted by atomic mass is 19.4. The summed E-state index contributed by atoms with van der Waals surface area (Å²) in [6, 6.07) is 1.11. The van der Waals surface area contributed by atoms with Crippen LogP contribution in [0, 0.1) is 11.6 Å². The van der Waals surface area contributed by atoms with Crippen LogP contribution in [0.4, 0.5) is 42.9 Å². The first-order valence-corrected chi connectivity index (χ1v) is 10.5. The first-order chi connectivity index (χ1) is 17.0. The molecule has 0 unspecified atom stereocenters. The first-order valence-electron chi connectivity index (χ1n) is 10.5. The zero-order valence-corrected chi connectivity index (χ0v) is 18.7. The van der Waals surface area contributed by atoms with Gasteiger partial charge in [-0.25, -0.2) is 37.8 Å². The fraction of sp³-hybridized carbons (Fsp3) is 0.318. The van der Waals surface area contributed by atoms with E-state index in [4.69, 9.17) is 4.74 Å². The molecule has 14 heteroatoms. The Morgan fingerprint density at radius 2 is 1.81 bits per heavy atom. The van der Waals surface area contributed by atoms with Gasteiger partial charge >= 0.3 is 12.3 Å². The van der Waals surface area contributed by atoms with Crippen molar-refractivity contribution in [2.24, 2.45) is 0 Å². The van der Waals surface area contributed by atoms with Crippen LogP contribution in [0.3, 0.4) is 0 Å². The molecule has 3 atom stereocenters. The summed E-state index contributed by atoms with van der Waals surface area (Å²) >= 11 is 0. The molecule has 0 spiro atoms. The number of nitrogens with zero attached hydrogens (tertiary/aromatic N) is 5. The molecule has 1 fully saturated rings. The predicted octanol–water partition coefficient (Wildman–Crippen LogP) is 5.09. The van der Waals surface area contributed by atoms with E-state index in [1.165, 1.54) is 13.0 Å². The Hall–Kier alpha value is -3.97. The van der Waals surface area contributed by atoms with Gasteiger partial charge in [-0.2, -0.15) is 18.2 Å². The number of benzene rings is 1. The number of halogens is 6. The lowest BCUT2D eigenvalue weighted by Gasteiger charge is -2.22. The molecule has 1 aliphatic heterocycles. The highest BCUT2D eigenvalue weighted by Crippen LogP contribution is 2.35. The van der Waals surface area contributed by atoms with E-state index in [-0.39, 0.29) is 29.5 Å². The molecule has 3 heterocycles. The molecule has 1 aromatic carbocycles. The predicted molar refractivity (Wildman–Crippen MR) is 115 cm³/mol. The number of rotatable bonds is 6. The van der Waals surface area contributed by atoms with Crippen molar-refractivity contribution in [3.05, 3.63) is 59.8 Å². The molecule has 190 valence electrons. The molecule has 8 nitrogen and oxygen atoms in total. The molecule has 1 aliphatic rings. The Morgan fingerprint density at radius 3 is 2.44 bits per heavy atom. The van der Waals surface area contributed by atoms with E-state index in [0.717, 1.165) is 29.6 Å². The number of hydrogen-bond acceptors (Lipinski definition) is 7. The van der Waals surface area contributed by atoms with E-state index in [1.54, 1.807) is 6.92 Å². The summed E-state index contributed by atoms with van der Waals surface area (Å²) in [5.74, 6) is -2.90. The van der Waals surface area contributed by atoms with Crippen LogP contribution in [0.1, 0.15) is 31.3 Å². The van der Waals surface area contributed by atoms with Gasteiger partial charge in [0, 0.05) is 23.5 Å². The van der Waals surface area contributed by atoms with Crippen molar-refractivity contribution in [2.45, 2.75) is 38.3 Å². The average molecular weight is 512 g/mol. The minimum Gasteiger partial charge on any atom is -0.447 e. The van der Waals surface area contributed by atoms with E-state index < -0.39 is 53.5 Å². The van der Waals surface area contributed by atoms with Crippen LogP contribution in [0.2, 0.25) is 0 Å². The largest absolute Gasteiger partial charge is 0.447 e. The maximum Gasteiger partial charge on any atom is 0.419 e. The van der Waals surface area contributed by atoms with Crippen molar-refractivity contribution in [2.75, 3.05) is 16.8 Å². The number of cyclic esters (lactones) is 1. The minimum absolute atomic E-state index is 0.0220. The maximum absolute atomic E-state index is 14.4. The third-order valence-electron chi connectivity index (χ3n) is 5.41. The Labute approximate surface area is 200 Å². The van der Waals surface area contributed by atoms with Gasteiger partial charge in [0.05, 0.1) is 17.8 Å². The zero-order valence-electron chi connectivity index (χ0n) is 18.7. The smallest absolute Gasteiger partial charge is 0.419 e. The third kappa shape index (κ3) is 4.88. The number of hydrogen-bond donors (Lipinski definition) is 1. The van der Waals surface area contributed by atoms with Gasteiger partial charge in [0.2, 0.25) is 5.95 Å². The molecule has 36 heavy (non-hydrogen) atoms. The SMILES string of the molecule is C[C@H](Nc1ncc(F)c(N2C(=O)OC[C@@H]2[C@H](C)F)n1)c1ncc(-c2cccc(C(F)(F)F)c2F)cn1. The summed E-state index contributed by atoms with van der Waals surface area (Å²) in [4.78, 5) is 28.7. The quantitative estimate of drug-likeness (QED) is 0.460. The van der Waals surface area contributed by atoms with Crippen molar-refractivity contribution in [1.82, 2.24) is 19.9 Å². The number of ether oxygens (including phenoxy) is 1. The zero-order chi connectivity index (χ0) is 26.2. The molecule has 2 aromatic heterocycles. The molecule has 0 bridgehead atoms. The third-order valence-corrected chi connectivity index (χ3v) is 5.41. The number of alkyl halides is 4. The van der Waals surface area contributed by atoms with Crippen LogP contribution in [0.15, 0.2) is 36.8 Å². The van der Waals surface area contributed by atoms with E-state index in [9.17, 15) is 31.1 Å². The van der Waals surface area contributed by atoms with Crippen LogP contribution >= 0.6 is 0 Å². The number of aromatic nitrogens is 4. The van der Waals surface area contributed by atoms with E-state index in [0.29, 0.717) is 6.07 Å². The first kappa shape index (κ1) is 25.1. The second-order valence-corrected chi connectivity index (χ2v) is 7.92. The molecule has 1 amide bonds. The van der Waals surface area contributed by atoms with Crippen LogP contribution in [-0.2, 0) is 10.9 Å². The fourth-order valence-corrected chi connectivity index (χ4v) is 3.55. The molecular formula is C22H18F6N6O2. The van der Waals surface area contributed by atoms with Gasteiger partial charge in [-0.15, -0.1) is 0 Å². The van der Waals surface area contributed by atoms with Gasteiger partial charge in [-0.1, -0.05) is 12.1 Å². The highest BCUT2D eigenvalue weighted by molar-refractivity contribution is 5.89. The monoisotopic (exact) mass is 512 g/mol. The summed E-state index contributed by atoms with van der Waals surface area (Å²) in [5, 5.41) is 2.80. The lowest BCUT2D eigenvalue weighted by atomic mass is 10.0. The Morgan fingerprint density at radius 1 is 1.11 bits per heavy atom. The van der Waals surface area contributed by atoms with E-state index in [2.05, 4.69) is 25.3 Å². The molecule has 1 N–H and O–H groups in total. The van der Waals surface area contributed by atoms with Crippen LogP contribution < -0.4 is 10.2 Å². The van der Waals surface area contributed by atoms with Crippen molar-refractivity contribution >= 4 is 17.9 Å². The van der Waals surface area contributed by atoms with Gasteiger partial charge in [-0.3, -0.25) is 0 Å². The number of carbonyl (C=O) groups is 1. The number of anilines is 2. The fourth-order valence-electron chi connectivity index (χ4n) is 3.55. The Kier molecular flexibility index (Phi) is 6.69. The van der Waals surface area contributed by atoms with Crippen molar-refractivity contribution in [3.8, 4) is 11.1 Å². The van der Waals surface area contributed by atoms with Crippen LogP contribution in [0.25, 0.3) is 11.1 Å². The number of nitrogens with one attached hydrogen (secondary N) is 1. The van der Waals surface area contributed by atoms with Gasteiger partial charge in [0.1, 0.15) is 30.5 Å². The van der Waals surface area contributed by atoms with Gasteiger partial charge in [0.15, 0.2) is 11.6 Å². The molecule has 0 radical (unpaired) electrons. The van der Waals surface area contributed by atoms with Crippen LogP contribution in [-0.4, -0.2) is 44.8 Å². The van der Waals surface area contributed by atoms with Gasteiger partial charge < -0.3 is 10.1 Å². The summed E-state index contributed by atoms with van der Waals surface area (Å²) in [6.07, 6.45) is -4.23. The number of amides is 1. The molecule has 0 aliphatic carbocycles. The highest BCUT2D eigenvalue weighted by Gasteiger charge is 2.40. The van der Waals surface area contributed by atoms with Crippen LogP contribution in [0.5, 0.6) is 0 Å². The minimum atomic E-state index is -4.86. The molecule has 0 saturated carbocycles. The summed E-state index contributed by atoms with van der Waals surface area (Å²) in [6.45, 7) is 2.51. The molecular weight excluding hydrogens is 494 g/mol. The summed E-state index contributed by atoms with van der Waals surface area (Å²) < 4.78 is 86.5. The van der Waals surface area contributed by atoms with Crippen molar-refractivity contribution < 1.29 is 35.9 Å². The van der Waals surface area contributed by atoms with E-state index >= 15 is 0 Å². The Balaban J connectivity index is 1.55. The van der Waals surface area contributed by atoms with Gasteiger partial charge in [0.25, 0.3) is 0 Å². The maximum atomic E-state index is 14.4. The Bertz CT molecular complexity index is 1270. The van der Waals surface area contributed by atoms with E-state index in [1.807, 2.05) is 0 Å². The molecule has 4 rings (SSSR count). The molecule has 3 aromatic rings. The molecule has 1 saturated heterocycles. The summed E-state index contributed by atoms with van der Waals surface area (Å²) in [7, 11) is 0. The number of carbonyl (C=O) groups excluding carboxylic acids is 1.